The third-order valence-electron chi connectivity index (χ3n) is 6.40. The van der Waals surface area contributed by atoms with Crippen molar-refractivity contribution in [3.05, 3.63) is 48.3 Å². The molecule has 2 aliphatic rings. The molecule has 2 fully saturated rings. The van der Waals surface area contributed by atoms with E-state index in [1.807, 2.05) is 18.2 Å². The van der Waals surface area contributed by atoms with Gasteiger partial charge in [0.05, 0.1) is 7.11 Å². The molecule has 2 aliphatic heterocycles. The average Bonchev–Trinajstić information content (AvgIpc) is 3.17. The van der Waals surface area contributed by atoms with Crippen molar-refractivity contribution >= 4 is 11.9 Å². The van der Waals surface area contributed by atoms with Crippen LogP contribution in [0.25, 0.3) is 0 Å². The molecule has 0 radical (unpaired) electrons. The summed E-state index contributed by atoms with van der Waals surface area (Å²) in [6.07, 6.45) is 8.53. The lowest BCUT2D eigenvalue weighted by molar-refractivity contribution is -0.129. The molecule has 2 saturated heterocycles. The molecule has 0 spiro atoms. The number of nitrogens with zero attached hydrogens (tertiary/aromatic N) is 4. The van der Waals surface area contributed by atoms with Gasteiger partial charge in [0.15, 0.2) is 0 Å². The topological polar surface area (TPSA) is 70.6 Å². The number of carbonyl (C=O) groups is 1. The highest BCUT2D eigenvalue weighted by molar-refractivity contribution is 5.78. The number of hydrogen-bond acceptors (Lipinski definition) is 6. The monoisotopic (exact) mass is 423 g/mol. The molecule has 0 saturated carbocycles. The smallest absolute Gasteiger partial charge is 0.225 e. The minimum Gasteiger partial charge on any atom is -0.497 e. The Morgan fingerprint density at radius 3 is 2.74 bits per heavy atom. The summed E-state index contributed by atoms with van der Waals surface area (Å²) in [5.41, 5.74) is 1.24. The summed E-state index contributed by atoms with van der Waals surface area (Å²) in [7, 11) is 1.68. The summed E-state index contributed by atoms with van der Waals surface area (Å²) in [4.78, 5) is 25.8. The Kier molecular flexibility index (Phi) is 7.35. The number of benzene rings is 1. The highest BCUT2D eigenvalue weighted by atomic mass is 16.5. The number of piperidine rings is 1. The Hall–Kier alpha value is -2.67. The summed E-state index contributed by atoms with van der Waals surface area (Å²) >= 11 is 0. The number of hydrogen-bond donors (Lipinski definition) is 1. The predicted octanol–water partition coefficient (Wildman–Crippen LogP) is 2.87. The molecule has 3 heterocycles. The first-order valence-electron chi connectivity index (χ1n) is 11.4. The van der Waals surface area contributed by atoms with Crippen LogP contribution in [0, 0.1) is 5.92 Å². The fraction of sp³-hybridized carbons (Fsp3) is 0.542. The second-order valence-corrected chi connectivity index (χ2v) is 8.56. The van der Waals surface area contributed by atoms with E-state index < -0.39 is 0 Å². The van der Waals surface area contributed by atoms with E-state index in [2.05, 4.69) is 37.2 Å². The van der Waals surface area contributed by atoms with E-state index >= 15 is 0 Å². The molecule has 31 heavy (non-hydrogen) atoms. The molecular weight excluding hydrogens is 390 g/mol. The number of anilines is 1. The first-order valence-corrected chi connectivity index (χ1v) is 11.4. The normalized spacial score (nSPS) is 21.5. The quantitative estimate of drug-likeness (QED) is 0.626. The van der Waals surface area contributed by atoms with Crippen LogP contribution < -0.4 is 15.0 Å². The van der Waals surface area contributed by atoms with Gasteiger partial charge >= 0.3 is 0 Å². The zero-order valence-corrected chi connectivity index (χ0v) is 18.4. The summed E-state index contributed by atoms with van der Waals surface area (Å²) in [6, 6.07) is 10.3. The van der Waals surface area contributed by atoms with Crippen molar-refractivity contribution in [2.75, 3.05) is 38.2 Å². The van der Waals surface area contributed by atoms with Gasteiger partial charge in [-0.25, -0.2) is 9.97 Å². The van der Waals surface area contributed by atoms with Gasteiger partial charge in [-0.3, -0.25) is 4.79 Å². The van der Waals surface area contributed by atoms with Crippen molar-refractivity contribution in [1.82, 2.24) is 20.2 Å². The van der Waals surface area contributed by atoms with E-state index in [9.17, 15) is 4.79 Å². The average molecular weight is 424 g/mol. The number of nitrogens with one attached hydrogen (secondary N) is 1. The Morgan fingerprint density at radius 2 is 1.97 bits per heavy atom. The number of carbonyl (C=O) groups excluding carboxylic acids is 1. The highest BCUT2D eigenvalue weighted by Gasteiger charge is 2.33. The number of methoxy groups -OCH3 is 1. The molecule has 1 aromatic carbocycles. The minimum atomic E-state index is 0.313. The molecule has 2 aromatic rings. The number of rotatable bonds is 9. The zero-order valence-electron chi connectivity index (χ0n) is 18.4. The number of likely N-dealkylation sites (tertiary alicyclic amines) is 1. The number of aromatic nitrogens is 2. The minimum absolute atomic E-state index is 0.313. The van der Waals surface area contributed by atoms with Crippen molar-refractivity contribution in [2.24, 2.45) is 5.92 Å². The van der Waals surface area contributed by atoms with E-state index in [4.69, 9.17) is 4.74 Å². The van der Waals surface area contributed by atoms with Gasteiger partial charge < -0.3 is 19.9 Å². The Balaban J connectivity index is 1.25. The maximum absolute atomic E-state index is 12.6. The molecule has 0 unspecified atom stereocenters. The van der Waals surface area contributed by atoms with Gasteiger partial charge in [0, 0.05) is 51.0 Å². The van der Waals surface area contributed by atoms with Gasteiger partial charge in [-0.15, -0.1) is 0 Å². The largest absolute Gasteiger partial charge is 0.497 e. The van der Waals surface area contributed by atoms with E-state index in [0.29, 0.717) is 24.3 Å². The molecule has 2 atom stereocenters. The molecule has 1 N–H and O–H groups in total. The SMILES string of the molecule is COc1ccc(CNCC[C@H]2CCC(=O)N2C[C@H]2CCCN(c3ncccn3)C2)cc1. The molecular formula is C24H33N5O2. The van der Waals surface area contributed by atoms with Crippen LogP contribution in [0.4, 0.5) is 5.95 Å². The molecule has 166 valence electrons. The van der Waals surface area contributed by atoms with E-state index in [-0.39, 0.29) is 0 Å². The number of ether oxygens (including phenoxy) is 1. The van der Waals surface area contributed by atoms with Crippen LogP contribution in [-0.2, 0) is 11.3 Å². The van der Waals surface area contributed by atoms with Crippen LogP contribution in [0.1, 0.15) is 37.7 Å². The van der Waals surface area contributed by atoms with E-state index in [1.54, 1.807) is 19.5 Å². The van der Waals surface area contributed by atoms with Crippen LogP contribution in [0.5, 0.6) is 5.75 Å². The second-order valence-electron chi connectivity index (χ2n) is 8.56. The van der Waals surface area contributed by atoms with Gasteiger partial charge in [-0.2, -0.15) is 0 Å². The lowest BCUT2D eigenvalue weighted by atomic mass is 9.97. The first-order chi connectivity index (χ1) is 15.2. The summed E-state index contributed by atoms with van der Waals surface area (Å²) in [5.74, 6) is 2.48. The van der Waals surface area contributed by atoms with Crippen molar-refractivity contribution in [1.29, 1.82) is 0 Å². The van der Waals surface area contributed by atoms with Crippen molar-refractivity contribution in [2.45, 2.75) is 44.7 Å². The highest BCUT2D eigenvalue weighted by Crippen LogP contribution is 2.27. The van der Waals surface area contributed by atoms with Crippen molar-refractivity contribution in [3.8, 4) is 5.75 Å². The van der Waals surface area contributed by atoms with Crippen LogP contribution in [0.2, 0.25) is 0 Å². The van der Waals surface area contributed by atoms with Crippen LogP contribution in [0.15, 0.2) is 42.7 Å². The van der Waals surface area contributed by atoms with Crippen molar-refractivity contribution in [3.63, 3.8) is 0 Å². The molecule has 1 amide bonds. The maximum atomic E-state index is 12.6. The van der Waals surface area contributed by atoms with Crippen LogP contribution in [0.3, 0.4) is 0 Å². The fourth-order valence-electron chi connectivity index (χ4n) is 4.72. The maximum Gasteiger partial charge on any atom is 0.225 e. The second kappa shape index (κ2) is 10.6. The summed E-state index contributed by atoms with van der Waals surface area (Å²) in [6.45, 7) is 4.52. The van der Waals surface area contributed by atoms with Gasteiger partial charge in [-0.1, -0.05) is 12.1 Å². The predicted molar refractivity (Wildman–Crippen MR) is 121 cm³/mol. The molecule has 0 bridgehead atoms. The molecule has 7 nitrogen and oxygen atoms in total. The van der Waals surface area contributed by atoms with Gasteiger partial charge in [0.1, 0.15) is 5.75 Å². The third-order valence-corrected chi connectivity index (χ3v) is 6.40. The Labute approximate surface area is 184 Å². The van der Waals surface area contributed by atoms with Crippen LogP contribution in [-0.4, -0.2) is 60.1 Å². The van der Waals surface area contributed by atoms with Gasteiger partial charge in [-0.05, 0) is 61.9 Å². The zero-order chi connectivity index (χ0) is 21.5. The fourth-order valence-corrected chi connectivity index (χ4v) is 4.72. The van der Waals surface area contributed by atoms with E-state index in [1.165, 1.54) is 5.56 Å². The van der Waals surface area contributed by atoms with Crippen LogP contribution >= 0.6 is 0 Å². The molecule has 0 aliphatic carbocycles. The molecule has 7 heteroatoms. The first kappa shape index (κ1) is 21.6. The summed E-state index contributed by atoms with van der Waals surface area (Å²) < 4.78 is 5.21. The Bertz CT molecular complexity index is 830. The molecule has 4 rings (SSSR count). The Morgan fingerprint density at radius 1 is 1.16 bits per heavy atom. The molecule has 1 aromatic heterocycles. The van der Waals surface area contributed by atoms with Gasteiger partial charge in [0.25, 0.3) is 0 Å². The van der Waals surface area contributed by atoms with Crippen molar-refractivity contribution < 1.29 is 9.53 Å². The standard InChI is InChI=1S/C24H33N5O2/c1-31-22-8-5-19(6-9-22)16-25-14-11-21-7-10-23(30)29(21)18-20-4-2-15-28(17-20)24-26-12-3-13-27-24/h3,5-6,8-9,12-13,20-21,25H,2,4,7,10-11,14-18H2,1H3/t20-,21+/m0/s1. The van der Waals surface area contributed by atoms with Gasteiger partial charge in [0.2, 0.25) is 11.9 Å². The number of amides is 1. The van der Waals surface area contributed by atoms with E-state index in [0.717, 1.165) is 70.1 Å². The lowest BCUT2D eigenvalue weighted by Crippen LogP contribution is -2.44. The lowest BCUT2D eigenvalue weighted by Gasteiger charge is -2.36. The summed E-state index contributed by atoms with van der Waals surface area (Å²) in [5, 5.41) is 3.53. The third kappa shape index (κ3) is 5.73.